The van der Waals surface area contributed by atoms with Gasteiger partial charge in [-0.05, 0) is 51.1 Å². The summed E-state index contributed by atoms with van der Waals surface area (Å²) in [6, 6.07) is 4.15. The molecule has 0 radical (unpaired) electrons. The van der Waals surface area contributed by atoms with Crippen LogP contribution < -0.4 is 10.6 Å². The van der Waals surface area contributed by atoms with E-state index >= 15 is 0 Å². The van der Waals surface area contributed by atoms with Gasteiger partial charge in [0.1, 0.15) is 0 Å². The molecule has 1 saturated heterocycles. The molecule has 1 unspecified atom stereocenters. The van der Waals surface area contributed by atoms with Gasteiger partial charge < -0.3 is 20.6 Å². The van der Waals surface area contributed by atoms with Gasteiger partial charge in [0.15, 0.2) is 0 Å². The molecule has 1 aromatic carbocycles. The van der Waals surface area contributed by atoms with Crippen LogP contribution in [0.5, 0.6) is 0 Å². The minimum absolute atomic E-state index is 0.187. The Balaban J connectivity index is 2.21. The lowest BCUT2D eigenvalue weighted by molar-refractivity contribution is 0.0698. The highest BCUT2D eigenvalue weighted by Gasteiger charge is 2.23. The topological polar surface area (TPSA) is 69.8 Å². The third-order valence-corrected chi connectivity index (χ3v) is 4.20. The van der Waals surface area contributed by atoms with Crippen molar-refractivity contribution in [2.24, 2.45) is 0 Å². The van der Waals surface area contributed by atoms with Crippen LogP contribution in [0.25, 0.3) is 0 Å². The van der Waals surface area contributed by atoms with Crippen LogP contribution in [0.4, 0.5) is 11.4 Å². The lowest BCUT2D eigenvalue weighted by Gasteiger charge is -2.28. The maximum Gasteiger partial charge on any atom is 0.337 e. The molecule has 0 bridgehead atoms. The molecule has 1 aromatic rings. The molecule has 1 heterocycles. The standard InChI is InChI=1S/C15H23N3O2/c1-10-7-12(8-13(14(10)16)15(19)20)18(3)9-11-5-4-6-17(11)2/h7-8,11H,4-6,9,16H2,1-3H3,(H,19,20). The van der Waals surface area contributed by atoms with Crippen molar-refractivity contribution in [2.45, 2.75) is 25.8 Å². The fourth-order valence-corrected chi connectivity index (χ4v) is 2.81. The van der Waals surface area contributed by atoms with Crippen LogP contribution in [0.3, 0.4) is 0 Å². The second-order valence-corrected chi connectivity index (χ2v) is 5.69. The molecular formula is C15H23N3O2. The summed E-state index contributed by atoms with van der Waals surface area (Å²) in [5.74, 6) is -0.973. The molecule has 2 rings (SSSR count). The first-order valence-electron chi connectivity index (χ1n) is 6.95. The molecule has 0 aromatic heterocycles. The van der Waals surface area contributed by atoms with Crippen LogP contribution in [-0.2, 0) is 0 Å². The maximum atomic E-state index is 11.2. The fraction of sp³-hybridized carbons (Fsp3) is 0.533. The lowest BCUT2D eigenvalue weighted by atomic mass is 10.1. The summed E-state index contributed by atoms with van der Waals surface area (Å²) >= 11 is 0. The van der Waals surface area contributed by atoms with Crippen LogP contribution >= 0.6 is 0 Å². The highest BCUT2D eigenvalue weighted by atomic mass is 16.4. The number of hydrogen-bond acceptors (Lipinski definition) is 4. The van der Waals surface area contributed by atoms with Crippen LogP contribution in [0.1, 0.15) is 28.8 Å². The Morgan fingerprint density at radius 2 is 2.25 bits per heavy atom. The number of nitrogen functional groups attached to an aromatic ring is 1. The van der Waals surface area contributed by atoms with Gasteiger partial charge in [0.2, 0.25) is 0 Å². The van der Waals surface area contributed by atoms with Crippen molar-refractivity contribution < 1.29 is 9.90 Å². The number of nitrogens with zero attached hydrogens (tertiary/aromatic N) is 2. The number of nitrogens with two attached hydrogens (primary N) is 1. The first kappa shape index (κ1) is 14.7. The van der Waals surface area contributed by atoms with Gasteiger partial charge in [0, 0.05) is 31.0 Å². The molecule has 0 aliphatic carbocycles. The Morgan fingerprint density at radius 1 is 1.55 bits per heavy atom. The molecule has 0 saturated carbocycles. The summed E-state index contributed by atoms with van der Waals surface area (Å²) in [5.41, 5.74) is 8.09. The zero-order valence-electron chi connectivity index (χ0n) is 12.4. The number of benzene rings is 1. The summed E-state index contributed by atoms with van der Waals surface area (Å²) in [6.45, 7) is 3.89. The minimum Gasteiger partial charge on any atom is -0.478 e. The molecular weight excluding hydrogens is 254 g/mol. The van der Waals surface area contributed by atoms with Crippen molar-refractivity contribution >= 4 is 17.3 Å². The van der Waals surface area contributed by atoms with Gasteiger partial charge in [-0.3, -0.25) is 0 Å². The SMILES string of the molecule is Cc1cc(N(C)CC2CCCN2C)cc(C(=O)O)c1N. The summed E-state index contributed by atoms with van der Waals surface area (Å²) in [7, 11) is 4.14. The Kier molecular flexibility index (Phi) is 4.18. The zero-order valence-corrected chi connectivity index (χ0v) is 12.4. The molecule has 1 aliphatic rings. The number of anilines is 2. The van der Waals surface area contributed by atoms with E-state index in [1.165, 1.54) is 12.8 Å². The van der Waals surface area contributed by atoms with Gasteiger partial charge in [-0.25, -0.2) is 4.79 Å². The van der Waals surface area contributed by atoms with Gasteiger partial charge in [0.05, 0.1) is 5.56 Å². The van der Waals surface area contributed by atoms with Crippen molar-refractivity contribution in [2.75, 3.05) is 37.8 Å². The summed E-state index contributed by atoms with van der Waals surface area (Å²) in [5, 5.41) is 9.22. The third kappa shape index (κ3) is 2.88. The van der Waals surface area contributed by atoms with Crippen molar-refractivity contribution in [1.82, 2.24) is 4.90 Å². The van der Waals surface area contributed by atoms with Crippen molar-refractivity contribution in [3.63, 3.8) is 0 Å². The number of carboxylic acids is 1. The Morgan fingerprint density at radius 3 is 2.80 bits per heavy atom. The van der Waals surface area contributed by atoms with E-state index in [1.807, 2.05) is 20.0 Å². The molecule has 1 fully saturated rings. The Labute approximate surface area is 120 Å². The van der Waals surface area contributed by atoms with Crippen LogP contribution in [0.2, 0.25) is 0 Å². The highest BCUT2D eigenvalue weighted by Crippen LogP contribution is 2.26. The molecule has 20 heavy (non-hydrogen) atoms. The predicted octanol–water partition coefficient (Wildman–Crippen LogP) is 1.81. The second-order valence-electron chi connectivity index (χ2n) is 5.69. The van der Waals surface area contributed by atoms with Crippen molar-refractivity contribution in [3.8, 4) is 0 Å². The summed E-state index contributed by atoms with van der Waals surface area (Å²) in [6.07, 6.45) is 2.43. The van der Waals surface area contributed by atoms with Crippen molar-refractivity contribution in [3.05, 3.63) is 23.3 Å². The number of hydrogen-bond donors (Lipinski definition) is 2. The maximum absolute atomic E-state index is 11.2. The van der Waals surface area contributed by atoms with Gasteiger partial charge in [-0.1, -0.05) is 0 Å². The number of aryl methyl sites for hydroxylation is 1. The predicted molar refractivity (Wildman–Crippen MR) is 81.5 cm³/mol. The smallest absolute Gasteiger partial charge is 0.337 e. The van der Waals surface area contributed by atoms with Crippen molar-refractivity contribution in [1.29, 1.82) is 0 Å². The quantitative estimate of drug-likeness (QED) is 0.821. The number of likely N-dealkylation sites (tertiary alicyclic amines) is 1. The van der Waals surface area contributed by atoms with Crippen LogP contribution in [-0.4, -0.2) is 49.2 Å². The molecule has 110 valence electrons. The van der Waals surface area contributed by atoms with Gasteiger partial charge in [0.25, 0.3) is 0 Å². The number of carboxylic acid groups (broad SMARTS) is 1. The zero-order chi connectivity index (χ0) is 14.9. The Hall–Kier alpha value is -1.75. The van der Waals surface area contributed by atoms with E-state index in [-0.39, 0.29) is 5.56 Å². The average molecular weight is 277 g/mol. The monoisotopic (exact) mass is 277 g/mol. The first-order valence-corrected chi connectivity index (χ1v) is 6.95. The van der Waals surface area contributed by atoms with Crippen LogP contribution in [0.15, 0.2) is 12.1 Å². The second kappa shape index (κ2) is 5.71. The molecule has 3 N–H and O–H groups in total. The normalized spacial score (nSPS) is 19.2. The van der Waals surface area contributed by atoms with Gasteiger partial charge in [-0.15, -0.1) is 0 Å². The lowest BCUT2D eigenvalue weighted by Crippen LogP contribution is -2.36. The molecule has 5 heteroatoms. The van der Waals surface area contributed by atoms with E-state index in [2.05, 4.69) is 16.8 Å². The average Bonchev–Trinajstić information content (AvgIpc) is 2.77. The van der Waals surface area contributed by atoms with Gasteiger partial charge >= 0.3 is 5.97 Å². The molecule has 0 spiro atoms. The van der Waals surface area contributed by atoms with Crippen LogP contribution in [0, 0.1) is 6.92 Å². The Bertz CT molecular complexity index is 516. The largest absolute Gasteiger partial charge is 0.478 e. The van der Waals surface area contributed by atoms with E-state index in [4.69, 9.17) is 5.73 Å². The number of likely N-dealkylation sites (N-methyl/N-ethyl adjacent to an activating group) is 2. The third-order valence-electron chi connectivity index (χ3n) is 4.20. The fourth-order valence-electron chi connectivity index (χ4n) is 2.81. The number of aromatic carboxylic acids is 1. The highest BCUT2D eigenvalue weighted by molar-refractivity contribution is 5.95. The number of rotatable bonds is 4. The molecule has 1 aliphatic heterocycles. The molecule has 0 amide bonds. The van der Waals surface area contributed by atoms with E-state index in [0.29, 0.717) is 11.7 Å². The summed E-state index contributed by atoms with van der Waals surface area (Å²) in [4.78, 5) is 15.7. The van der Waals surface area contributed by atoms with E-state index in [9.17, 15) is 9.90 Å². The van der Waals surface area contributed by atoms with E-state index < -0.39 is 5.97 Å². The summed E-state index contributed by atoms with van der Waals surface area (Å²) < 4.78 is 0. The minimum atomic E-state index is -0.973. The van der Waals surface area contributed by atoms with Gasteiger partial charge in [-0.2, -0.15) is 0 Å². The number of carbonyl (C=O) groups is 1. The van der Waals surface area contributed by atoms with E-state index in [1.54, 1.807) is 6.07 Å². The molecule has 5 nitrogen and oxygen atoms in total. The molecule has 1 atom stereocenters. The first-order chi connectivity index (χ1) is 9.40. The van der Waals surface area contributed by atoms with E-state index in [0.717, 1.165) is 24.3 Å².